The first-order valence-electron chi connectivity index (χ1n) is 3.44. The van der Waals surface area contributed by atoms with Crippen LogP contribution in [-0.2, 0) is 0 Å². The minimum Gasteiger partial charge on any atom is -0.275 e. The predicted molar refractivity (Wildman–Crippen MR) is 33.9 cm³/mol. The van der Waals surface area contributed by atoms with E-state index >= 15 is 0 Å². The lowest BCUT2D eigenvalue weighted by Gasteiger charge is -2.17. The first-order chi connectivity index (χ1) is 6.86. The molecule has 0 N–H and O–H groups in total. The van der Waals surface area contributed by atoms with Crippen molar-refractivity contribution < 1.29 is 38.4 Å². The van der Waals surface area contributed by atoms with Gasteiger partial charge in [-0.25, -0.2) is 18.6 Å². The Morgan fingerprint density at radius 2 is 1.67 bits per heavy atom. The predicted octanol–water partition coefficient (Wildman–Crippen LogP) is -4.85. The van der Waals surface area contributed by atoms with Gasteiger partial charge in [0.25, 0.3) is 0 Å². The molecule has 0 saturated carbocycles. The second-order valence-corrected chi connectivity index (χ2v) is 2.87. The summed E-state index contributed by atoms with van der Waals surface area (Å²) in [5.74, 6) is 0. The van der Waals surface area contributed by atoms with Gasteiger partial charge in [-0.05, 0) is 0 Å². The maximum absolute atomic E-state index is 8.49. The summed E-state index contributed by atoms with van der Waals surface area (Å²) < 4.78 is 35.5. The summed E-state index contributed by atoms with van der Waals surface area (Å²) in [6.07, 6.45) is 3.36. The summed E-state index contributed by atoms with van der Waals surface area (Å²) in [5, 5.41) is 8.40. The molecule has 15 heavy (non-hydrogen) atoms. The molecular formula is C7H7ClN2O5. The van der Waals surface area contributed by atoms with Crippen molar-refractivity contribution in [1.29, 1.82) is 5.26 Å². The zero-order valence-electron chi connectivity index (χ0n) is 7.62. The van der Waals surface area contributed by atoms with E-state index in [0.29, 0.717) is 5.56 Å². The number of halogens is 1. The maximum Gasteiger partial charge on any atom is 0.223 e. The zero-order valence-corrected chi connectivity index (χ0v) is 8.38. The van der Waals surface area contributed by atoms with Gasteiger partial charge in [-0.15, -0.1) is 10.2 Å². The highest BCUT2D eigenvalue weighted by Gasteiger charge is 1.96. The van der Waals surface area contributed by atoms with Crippen molar-refractivity contribution in [3.63, 3.8) is 0 Å². The van der Waals surface area contributed by atoms with E-state index in [0.717, 1.165) is 0 Å². The number of rotatable bonds is 1. The second kappa shape index (κ2) is 6.13. The zero-order chi connectivity index (χ0) is 11.9. The van der Waals surface area contributed by atoms with Crippen LogP contribution in [0.4, 0.5) is 0 Å². The summed E-state index contributed by atoms with van der Waals surface area (Å²) in [6, 6.07) is 5.38. The normalized spacial score (nSPS) is 9.60. The quantitative estimate of drug-likeness (QED) is 0.448. The van der Waals surface area contributed by atoms with Crippen LogP contribution >= 0.6 is 0 Å². The molecular weight excluding hydrogens is 228 g/mol. The molecule has 0 spiro atoms. The highest BCUT2D eigenvalue weighted by Crippen LogP contribution is 1.88. The van der Waals surface area contributed by atoms with Gasteiger partial charge in [0.1, 0.15) is 7.11 Å². The molecule has 0 aliphatic rings. The van der Waals surface area contributed by atoms with Crippen molar-refractivity contribution in [3.8, 4) is 6.07 Å². The van der Waals surface area contributed by atoms with Gasteiger partial charge in [0, 0.05) is 16.9 Å². The van der Waals surface area contributed by atoms with Crippen molar-refractivity contribution >= 4 is 0 Å². The highest BCUT2D eigenvalue weighted by atomic mass is 35.7. The Balaban J connectivity index is 0.000000336. The van der Waals surface area contributed by atoms with Gasteiger partial charge >= 0.3 is 0 Å². The van der Waals surface area contributed by atoms with Crippen molar-refractivity contribution in [1.82, 2.24) is 0 Å². The SMILES string of the molecule is CO[n+]1ccc(C#N)cc1.[O-][Cl+3]([O-])([O-])[O-]. The first kappa shape index (κ1) is 13.6. The summed E-state index contributed by atoms with van der Waals surface area (Å²) in [6.45, 7) is 0. The number of nitriles is 1. The van der Waals surface area contributed by atoms with Crippen LogP contribution in [-0.4, -0.2) is 7.11 Å². The molecule has 0 aliphatic carbocycles. The summed E-state index contributed by atoms with van der Waals surface area (Å²) >= 11 is 0. The van der Waals surface area contributed by atoms with E-state index in [-0.39, 0.29) is 0 Å². The number of pyridine rings is 1. The average molecular weight is 235 g/mol. The summed E-state index contributed by atoms with van der Waals surface area (Å²) in [7, 11) is -3.38. The van der Waals surface area contributed by atoms with Crippen molar-refractivity contribution in [2.45, 2.75) is 0 Å². The molecule has 82 valence electrons. The number of hydrogen-bond donors (Lipinski definition) is 0. The molecule has 0 amide bonds. The standard InChI is InChI=1S/C7H7N2O.ClHO4/c1-10-9-4-2-7(6-8)3-5-9;2-1(3,4)5/h2-5H,1H3;(H,2,3,4,5)/q+1;/p-1. The Labute approximate surface area is 87.7 Å². The van der Waals surface area contributed by atoms with Gasteiger partial charge in [-0.1, -0.05) is 0 Å². The lowest BCUT2D eigenvalue weighted by molar-refractivity contribution is -2.00. The Bertz CT molecular complexity index is 323. The molecule has 1 aromatic heterocycles. The van der Waals surface area contributed by atoms with Crippen LogP contribution in [0.25, 0.3) is 0 Å². The molecule has 0 atom stereocenters. The summed E-state index contributed by atoms with van der Waals surface area (Å²) in [5.41, 5.74) is 0.633. The third-order valence-corrected chi connectivity index (χ3v) is 1.14. The van der Waals surface area contributed by atoms with Gasteiger partial charge in [-0.2, -0.15) is 5.26 Å². The van der Waals surface area contributed by atoms with Crippen molar-refractivity contribution in [2.24, 2.45) is 0 Å². The second-order valence-electron chi connectivity index (χ2n) is 2.12. The lowest BCUT2D eigenvalue weighted by Crippen LogP contribution is -2.68. The summed E-state index contributed by atoms with van der Waals surface area (Å²) in [4.78, 5) is 4.82. The van der Waals surface area contributed by atoms with Gasteiger partial charge in [-0.3, -0.25) is 4.84 Å². The van der Waals surface area contributed by atoms with E-state index < -0.39 is 10.2 Å². The van der Waals surface area contributed by atoms with Gasteiger partial charge in [0.2, 0.25) is 12.4 Å². The van der Waals surface area contributed by atoms with Crippen LogP contribution in [0.5, 0.6) is 0 Å². The number of aromatic nitrogens is 1. The van der Waals surface area contributed by atoms with Gasteiger partial charge < -0.3 is 0 Å². The van der Waals surface area contributed by atoms with E-state index in [2.05, 4.69) is 0 Å². The Morgan fingerprint density at radius 1 is 1.27 bits per heavy atom. The van der Waals surface area contributed by atoms with Crippen molar-refractivity contribution in [3.05, 3.63) is 30.1 Å². The van der Waals surface area contributed by atoms with E-state index in [1.165, 1.54) is 4.73 Å². The third-order valence-electron chi connectivity index (χ3n) is 1.14. The minimum atomic E-state index is -4.94. The minimum absolute atomic E-state index is 0.633. The van der Waals surface area contributed by atoms with E-state index in [1.807, 2.05) is 6.07 Å². The topological polar surface area (TPSA) is 129 Å². The number of nitrogens with zero attached hydrogens (tertiary/aromatic N) is 2. The molecule has 1 heterocycles. The Kier molecular flexibility index (Phi) is 5.54. The molecule has 0 radical (unpaired) electrons. The first-order valence-corrected chi connectivity index (χ1v) is 4.68. The van der Waals surface area contributed by atoms with Gasteiger partial charge in [0.15, 0.2) is 0 Å². The van der Waals surface area contributed by atoms with Crippen LogP contribution < -0.4 is 28.2 Å². The number of hydrogen-bond acceptors (Lipinski definition) is 6. The fraction of sp³-hybridized carbons (Fsp3) is 0.143. The Morgan fingerprint density at radius 3 is 1.93 bits per heavy atom. The maximum atomic E-state index is 8.49. The largest absolute Gasteiger partial charge is 0.275 e. The van der Waals surface area contributed by atoms with Crippen LogP contribution in [0.15, 0.2) is 24.5 Å². The fourth-order valence-corrected chi connectivity index (χ4v) is 0.609. The third kappa shape index (κ3) is 8.89. The van der Waals surface area contributed by atoms with Crippen molar-refractivity contribution in [2.75, 3.05) is 7.11 Å². The van der Waals surface area contributed by atoms with Gasteiger partial charge in [0.05, 0.1) is 11.6 Å². The molecule has 0 bridgehead atoms. The van der Waals surface area contributed by atoms with Crippen LogP contribution in [0, 0.1) is 21.6 Å². The van der Waals surface area contributed by atoms with Crippen LogP contribution in [0.2, 0.25) is 0 Å². The fourth-order valence-electron chi connectivity index (χ4n) is 0.609. The average Bonchev–Trinajstić information content (AvgIpc) is 2.15. The monoisotopic (exact) mass is 234 g/mol. The Hall–Kier alpha value is -1.43. The smallest absolute Gasteiger partial charge is 0.223 e. The molecule has 0 fully saturated rings. The molecule has 0 unspecified atom stereocenters. The van der Waals surface area contributed by atoms with E-state index in [4.69, 9.17) is 28.7 Å². The molecule has 0 aromatic carbocycles. The molecule has 7 nitrogen and oxygen atoms in total. The van der Waals surface area contributed by atoms with Crippen LogP contribution in [0.1, 0.15) is 5.56 Å². The van der Waals surface area contributed by atoms with E-state index in [1.54, 1.807) is 31.6 Å². The molecule has 0 saturated heterocycles. The highest BCUT2D eigenvalue weighted by molar-refractivity contribution is 5.23. The molecule has 1 aromatic rings. The molecule has 1 rings (SSSR count). The lowest BCUT2D eigenvalue weighted by atomic mass is 10.3. The van der Waals surface area contributed by atoms with Crippen LogP contribution in [0.3, 0.4) is 0 Å². The molecule has 8 heteroatoms. The molecule has 0 aliphatic heterocycles. The van der Waals surface area contributed by atoms with E-state index in [9.17, 15) is 0 Å².